The van der Waals surface area contributed by atoms with Crippen LogP contribution in [0.15, 0.2) is 62.3 Å². The molecule has 1 N–H and O–H groups in total. The van der Waals surface area contributed by atoms with Crippen LogP contribution < -0.4 is 25.9 Å². The Bertz CT molecular complexity index is 1410. The molecule has 0 saturated carbocycles. The van der Waals surface area contributed by atoms with Gasteiger partial charge in [0, 0.05) is 11.1 Å². The number of nitrogens with one attached hydrogen (secondary N) is 1. The molecule has 0 fully saturated rings. The van der Waals surface area contributed by atoms with E-state index in [1.165, 1.54) is 7.11 Å². The number of rotatable bonds is 4. The lowest BCUT2D eigenvalue weighted by molar-refractivity contribution is 0.354. The van der Waals surface area contributed by atoms with Gasteiger partial charge in [-0.05, 0) is 12.1 Å². The number of methoxy groups -OCH3 is 2. The fraction of sp³-hybridized carbons (Fsp3) is 0.0909. The number of hydrogen-bond acceptors (Lipinski definition) is 6. The molecule has 0 aliphatic rings. The van der Waals surface area contributed by atoms with E-state index in [2.05, 4.69) is 16.7 Å². The normalized spacial score (nSPS) is 12.8. The monoisotopic (exact) mass is 390 g/mol. The third kappa shape index (κ3) is 3.34. The van der Waals surface area contributed by atoms with Crippen LogP contribution >= 0.6 is 0 Å². The summed E-state index contributed by atoms with van der Waals surface area (Å²) in [7, 11) is 3.09. The standard InChI is InChI=1S/C22H18N2O5/c1-13-18(19(24-29-13)14-8-5-4-6-9-14)21-23-16(22(25)28-21)12-15-10-7-11-17(26-2)20(15)27-3/h4-12,23H,1H2,2-3H3/b16-12-,21-18?. The quantitative estimate of drug-likeness (QED) is 0.574. The van der Waals surface area contributed by atoms with Gasteiger partial charge in [-0.3, -0.25) is 0 Å². The highest BCUT2D eigenvalue weighted by molar-refractivity contribution is 5.62. The Morgan fingerprint density at radius 3 is 2.59 bits per heavy atom. The second kappa shape index (κ2) is 7.55. The lowest BCUT2D eigenvalue weighted by atomic mass is 10.1. The number of aromatic nitrogens is 2. The van der Waals surface area contributed by atoms with Crippen molar-refractivity contribution in [3.8, 4) is 22.8 Å². The maximum Gasteiger partial charge on any atom is 0.361 e. The Kier molecular flexibility index (Phi) is 4.78. The van der Waals surface area contributed by atoms with Gasteiger partial charge in [-0.1, -0.05) is 54.2 Å². The predicted molar refractivity (Wildman–Crippen MR) is 107 cm³/mol. The third-order valence-electron chi connectivity index (χ3n) is 4.43. The average Bonchev–Trinajstić information content (AvgIpc) is 3.30. The van der Waals surface area contributed by atoms with Crippen molar-refractivity contribution in [1.29, 1.82) is 0 Å². The Hall–Kier alpha value is -4.00. The lowest BCUT2D eigenvalue weighted by Crippen LogP contribution is -2.20. The van der Waals surface area contributed by atoms with E-state index in [9.17, 15) is 4.79 Å². The van der Waals surface area contributed by atoms with E-state index in [-0.39, 0.29) is 10.9 Å². The molecule has 2 aromatic heterocycles. The third-order valence-corrected chi connectivity index (χ3v) is 4.43. The van der Waals surface area contributed by atoms with Gasteiger partial charge in [0.05, 0.1) is 14.2 Å². The minimum Gasteiger partial charge on any atom is -0.493 e. The molecule has 2 heterocycles. The summed E-state index contributed by atoms with van der Waals surface area (Å²) in [4.78, 5) is 15.5. The van der Waals surface area contributed by atoms with Crippen LogP contribution in [0.5, 0.6) is 11.5 Å². The summed E-state index contributed by atoms with van der Waals surface area (Å²) in [5.41, 5.74) is 1.98. The van der Waals surface area contributed by atoms with Crippen LogP contribution in [0.2, 0.25) is 0 Å². The van der Waals surface area contributed by atoms with E-state index in [4.69, 9.17) is 18.4 Å². The number of nitrogens with zero attached hydrogens (tertiary/aromatic N) is 1. The number of aromatic amines is 1. The van der Waals surface area contributed by atoms with Crippen molar-refractivity contribution >= 4 is 12.7 Å². The van der Waals surface area contributed by atoms with Crippen LogP contribution in [0.3, 0.4) is 0 Å². The average molecular weight is 390 g/mol. The zero-order chi connectivity index (χ0) is 20.4. The summed E-state index contributed by atoms with van der Waals surface area (Å²) in [5.74, 6) is 1.07. The van der Waals surface area contributed by atoms with Crippen LogP contribution in [-0.2, 0) is 0 Å². The van der Waals surface area contributed by atoms with Gasteiger partial charge in [0.25, 0.3) is 0 Å². The highest BCUT2D eigenvalue weighted by Crippen LogP contribution is 2.30. The molecular formula is C22H18N2O5. The summed E-state index contributed by atoms with van der Waals surface area (Å²) in [6.07, 6.45) is 1.63. The van der Waals surface area contributed by atoms with Crippen molar-refractivity contribution in [2.45, 2.75) is 0 Å². The fourth-order valence-electron chi connectivity index (χ4n) is 3.09. The largest absolute Gasteiger partial charge is 0.493 e. The molecule has 4 rings (SSSR count). The zero-order valence-corrected chi connectivity index (χ0v) is 15.9. The first-order valence-electron chi connectivity index (χ1n) is 8.78. The van der Waals surface area contributed by atoms with Gasteiger partial charge in [0.15, 0.2) is 16.9 Å². The Morgan fingerprint density at radius 1 is 1.07 bits per heavy atom. The topological polar surface area (TPSA) is 90.5 Å². The number of H-pyrrole nitrogens is 1. The molecule has 0 aliphatic heterocycles. The van der Waals surface area contributed by atoms with Crippen LogP contribution in [-0.4, -0.2) is 24.4 Å². The van der Waals surface area contributed by atoms with E-state index >= 15 is 0 Å². The Labute approximate surface area is 164 Å². The first-order valence-corrected chi connectivity index (χ1v) is 8.78. The van der Waals surface area contributed by atoms with Crippen molar-refractivity contribution in [1.82, 2.24) is 10.1 Å². The second-order valence-corrected chi connectivity index (χ2v) is 6.18. The van der Waals surface area contributed by atoms with Gasteiger partial charge < -0.3 is 23.4 Å². The molecule has 7 nitrogen and oxygen atoms in total. The molecule has 29 heavy (non-hydrogen) atoms. The van der Waals surface area contributed by atoms with Gasteiger partial charge in [-0.15, -0.1) is 0 Å². The first-order chi connectivity index (χ1) is 14.1. The maximum absolute atomic E-state index is 12.5. The predicted octanol–water partition coefficient (Wildman–Crippen LogP) is 2.17. The van der Waals surface area contributed by atoms with Crippen molar-refractivity contribution in [2.75, 3.05) is 14.2 Å². The molecule has 0 amide bonds. The first kappa shape index (κ1) is 18.4. The Morgan fingerprint density at radius 2 is 1.86 bits per heavy atom. The minimum atomic E-state index is -0.538. The summed E-state index contributed by atoms with van der Waals surface area (Å²) in [6.45, 7) is 3.86. The molecule has 0 radical (unpaired) electrons. The van der Waals surface area contributed by atoms with E-state index in [1.54, 1.807) is 25.3 Å². The molecule has 7 heteroatoms. The highest BCUT2D eigenvalue weighted by atomic mass is 16.5. The van der Waals surface area contributed by atoms with Crippen LogP contribution in [0.1, 0.15) is 5.56 Å². The van der Waals surface area contributed by atoms with Gasteiger partial charge in [0.2, 0.25) is 5.55 Å². The van der Waals surface area contributed by atoms with E-state index in [0.29, 0.717) is 33.4 Å². The van der Waals surface area contributed by atoms with E-state index in [0.717, 1.165) is 5.56 Å². The number of ether oxygens (including phenoxy) is 2. The summed E-state index contributed by atoms with van der Waals surface area (Å²) < 4.78 is 21.4. The minimum absolute atomic E-state index is 0.216. The smallest absolute Gasteiger partial charge is 0.361 e. The Balaban J connectivity index is 1.99. The lowest BCUT2D eigenvalue weighted by Gasteiger charge is -2.09. The molecule has 4 aromatic rings. The highest BCUT2D eigenvalue weighted by Gasteiger charge is 2.11. The van der Waals surface area contributed by atoms with E-state index in [1.807, 2.05) is 36.4 Å². The van der Waals surface area contributed by atoms with Crippen LogP contribution in [0, 0.1) is 10.8 Å². The van der Waals surface area contributed by atoms with Crippen molar-refractivity contribution < 1.29 is 18.4 Å². The van der Waals surface area contributed by atoms with Gasteiger partial charge >= 0.3 is 5.63 Å². The van der Waals surface area contributed by atoms with Crippen LogP contribution in [0.25, 0.3) is 23.9 Å². The second-order valence-electron chi connectivity index (χ2n) is 6.18. The van der Waals surface area contributed by atoms with Crippen molar-refractivity contribution in [2.24, 2.45) is 0 Å². The van der Waals surface area contributed by atoms with Crippen molar-refractivity contribution in [3.05, 3.63) is 86.0 Å². The number of oxazole rings is 1. The molecule has 0 saturated heterocycles. The number of para-hydroxylation sites is 1. The number of benzene rings is 2. The molecule has 146 valence electrons. The van der Waals surface area contributed by atoms with E-state index < -0.39 is 5.63 Å². The molecule has 0 unspecified atom stereocenters. The SMILES string of the molecule is C=c1onc(-c2ccccc2)c1=c1[nH]/c(=C\c2cccc(OC)c2OC)c(=O)o1. The molecule has 0 atom stereocenters. The molecule has 2 aromatic carbocycles. The molecule has 0 spiro atoms. The van der Waals surface area contributed by atoms with Gasteiger partial charge in [-0.25, -0.2) is 4.79 Å². The van der Waals surface area contributed by atoms with Gasteiger partial charge in [0.1, 0.15) is 16.3 Å². The van der Waals surface area contributed by atoms with Gasteiger partial charge in [-0.2, -0.15) is 0 Å². The van der Waals surface area contributed by atoms with Crippen LogP contribution in [0.4, 0.5) is 0 Å². The molecular weight excluding hydrogens is 372 g/mol. The maximum atomic E-state index is 12.5. The number of hydrogen-bond donors (Lipinski definition) is 1. The van der Waals surface area contributed by atoms with Crippen molar-refractivity contribution in [3.63, 3.8) is 0 Å². The fourth-order valence-corrected chi connectivity index (χ4v) is 3.09. The summed E-state index contributed by atoms with van der Waals surface area (Å²) in [5, 5.41) is 4.80. The summed E-state index contributed by atoms with van der Waals surface area (Å²) in [6, 6.07) is 14.8. The summed E-state index contributed by atoms with van der Waals surface area (Å²) >= 11 is 0. The molecule has 0 bridgehead atoms. The molecule has 0 aliphatic carbocycles. The zero-order valence-electron chi connectivity index (χ0n) is 15.9.